The minimum absolute atomic E-state index is 0.752. The molecule has 1 N–H and O–H groups in total. The van der Waals surface area contributed by atoms with Crippen molar-refractivity contribution in [1.82, 2.24) is 20.3 Å². The molecule has 7 heteroatoms. The second kappa shape index (κ2) is 5.91. The van der Waals surface area contributed by atoms with Crippen LogP contribution in [-0.4, -0.2) is 41.1 Å². The largest absolute Gasteiger partial charge is 0.353 e. The van der Waals surface area contributed by atoms with Gasteiger partial charge in [-0.2, -0.15) is 0 Å². The summed E-state index contributed by atoms with van der Waals surface area (Å²) in [5.41, 5.74) is 1.98. The Hall–Kier alpha value is -1.57. The summed E-state index contributed by atoms with van der Waals surface area (Å²) in [4.78, 5) is 16.0. The molecule has 1 aliphatic rings. The number of rotatable bonds is 2. The minimum atomic E-state index is 0.752. The Balaban J connectivity index is 1.90. The van der Waals surface area contributed by atoms with E-state index in [1.165, 1.54) is 0 Å². The zero-order valence-corrected chi connectivity index (χ0v) is 14.2. The van der Waals surface area contributed by atoms with E-state index in [-0.39, 0.29) is 0 Å². The van der Waals surface area contributed by atoms with Crippen molar-refractivity contribution in [3.8, 4) is 11.4 Å². The number of piperazine rings is 1. The molecule has 4 heterocycles. The summed E-state index contributed by atoms with van der Waals surface area (Å²) in [5.74, 6) is 1.79. The van der Waals surface area contributed by atoms with Crippen LogP contribution in [0.25, 0.3) is 21.6 Å². The Labute approximate surface area is 140 Å². The molecule has 1 saturated heterocycles. The van der Waals surface area contributed by atoms with Crippen LogP contribution in [0.3, 0.4) is 0 Å². The summed E-state index contributed by atoms with van der Waals surface area (Å²) in [6, 6.07) is 3.89. The topological polar surface area (TPSA) is 53.9 Å². The summed E-state index contributed by atoms with van der Waals surface area (Å²) in [7, 11) is 0. The average molecular weight is 376 g/mol. The van der Waals surface area contributed by atoms with Gasteiger partial charge in [-0.3, -0.25) is 4.98 Å². The van der Waals surface area contributed by atoms with E-state index in [9.17, 15) is 0 Å². The zero-order chi connectivity index (χ0) is 14.9. The van der Waals surface area contributed by atoms with Crippen LogP contribution in [0.5, 0.6) is 0 Å². The molecule has 0 spiro atoms. The molecule has 0 aliphatic carbocycles. The van der Waals surface area contributed by atoms with Crippen LogP contribution in [0.2, 0.25) is 0 Å². The Kier molecular flexibility index (Phi) is 3.77. The van der Waals surface area contributed by atoms with Crippen LogP contribution >= 0.6 is 27.3 Å². The van der Waals surface area contributed by atoms with E-state index in [0.29, 0.717) is 0 Å². The van der Waals surface area contributed by atoms with Gasteiger partial charge in [-0.15, -0.1) is 11.3 Å². The highest BCUT2D eigenvalue weighted by Crippen LogP contribution is 2.36. The van der Waals surface area contributed by atoms with Gasteiger partial charge in [0.2, 0.25) is 0 Å². The average Bonchev–Trinajstić information content (AvgIpc) is 2.97. The van der Waals surface area contributed by atoms with Gasteiger partial charge in [-0.05, 0) is 28.1 Å². The third-order valence-electron chi connectivity index (χ3n) is 3.71. The molecular formula is C15H14BrN5S. The number of hydrogen-bond acceptors (Lipinski definition) is 6. The molecule has 0 unspecified atom stereocenters. The number of nitrogens with zero attached hydrogens (tertiary/aromatic N) is 4. The first kappa shape index (κ1) is 14.0. The van der Waals surface area contributed by atoms with E-state index < -0.39 is 0 Å². The van der Waals surface area contributed by atoms with Crippen molar-refractivity contribution < 1.29 is 0 Å². The van der Waals surface area contributed by atoms with Crippen molar-refractivity contribution in [2.45, 2.75) is 0 Å². The number of thiophene rings is 1. The van der Waals surface area contributed by atoms with Gasteiger partial charge in [0.05, 0.1) is 9.17 Å². The molecule has 22 heavy (non-hydrogen) atoms. The zero-order valence-electron chi connectivity index (χ0n) is 11.8. The number of fused-ring (bicyclic) bond motifs is 1. The van der Waals surface area contributed by atoms with Crippen molar-refractivity contribution in [2.75, 3.05) is 31.1 Å². The molecule has 3 aromatic heterocycles. The molecule has 4 rings (SSSR count). The van der Waals surface area contributed by atoms with E-state index in [1.54, 1.807) is 23.7 Å². The fourth-order valence-corrected chi connectivity index (χ4v) is 4.18. The molecule has 0 amide bonds. The second-order valence-corrected chi connectivity index (χ2v) is 6.84. The summed E-state index contributed by atoms with van der Waals surface area (Å²) >= 11 is 5.30. The first-order chi connectivity index (χ1) is 10.8. The van der Waals surface area contributed by atoms with Crippen molar-refractivity contribution in [3.63, 3.8) is 0 Å². The molecule has 0 atom stereocenters. The maximum absolute atomic E-state index is 4.86. The second-order valence-electron chi connectivity index (χ2n) is 5.11. The number of hydrogen-bond donors (Lipinski definition) is 1. The number of anilines is 1. The molecule has 0 saturated carbocycles. The standard InChI is InChI=1S/C15H14BrN5S/c16-11-9-22-13-12(11)19-14(10-1-3-17-4-2-10)20-15(13)21-7-5-18-6-8-21/h1-4,9,18H,5-8H2. The predicted molar refractivity (Wildman–Crippen MR) is 93.4 cm³/mol. The van der Waals surface area contributed by atoms with Gasteiger partial charge in [0.15, 0.2) is 11.6 Å². The molecule has 1 fully saturated rings. The number of aromatic nitrogens is 3. The summed E-state index contributed by atoms with van der Waals surface area (Å²) < 4.78 is 2.17. The van der Waals surface area contributed by atoms with Crippen LogP contribution in [0.1, 0.15) is 0 Å². The summed E-state index contributed by atoms with van der Waals surface area (Å²) in [5, 5.41) is 5.47. The van der Waals surface area contributed by atoms with Crippen LogP contribution < -0.4 is 10.2 Å². The number of pyridine rings is 1. The fraction of sp³-hybridized carbons (Fsp3) is 0.267. The third kappa shape index (κ3) is 2.49. The molecule has 0 radical (unpaired) electrons. The molecule has 0 bridgehead atoms. The van der Waals surface area contributed by atoms with Crippen LogP contribution in [-0.2, 0) is 0 Å². The highest BCUT2D eigenvalue weighted by atomic mass is 79.9. The lowest BCUT2D eigenvalue weighted by molar-refractivity contribution is 0.586. The predicted octanol–water partition coefficient (Wildman–Crippen LogP) is 2.93. The van der Waals surface area contributed by atoms with Gasteiger partial charge < -0.3 is 10.2 Å². The third-order valence-corrected chi connectivity index (χ3v) is 5.58. The molecule has 5 nitrogen and oxygen atoms in total. The van der Waals surface area contributed by atoms with E-state index in [1.807, 2.05) is 12.1 Å². The monoisotopic (exact) mass is 375 g/mol. The van der Waals surface area contributed by atoms with Crippen molar-refractivity contribution in [1.29, 1.82) is 0 Å². The van der Waals surface area contributed by atoms with Gasteiger partial charge >= 0.3 is 0 Å². The van der Waals surface area contributed by atoms with E-state index in [2.05, 4.69) is 36.5 Å². The number of halogens is 1. The summed E-state index contributed by atoms with van der Waals surface area (Å²) in [6.07, 6.45) is 3.55. The van der Waals surface area contributed by atoms with Gasteiger partial charge in [-0.1, -0.05) is 0 Å². The van der Waals surface area contributed by atoms with Crippen molar-refractivity contribution in [2.24, 2.45) is 0 Å². The van der Waals surface area contributed by atoms with Crippen LogP contribution in [0.4, 0.5) is 5.82 Å². The number of nitrogens with one attached hydrogen (secondary N) is 1. The van der Waals surface area contributed by atoms with E-state index in [4.69, 9.17) is 9.97 Å². The van der Waals surface area contributed by atoms with Crippen LogP contribution in [0.15, 0.2) is 34.4 Å². The molecule has 0 aromatic carbocycles. The Morgan fingerprint density at radius 3 is 2.68 bits per heavy atom. The van der Waals surface area contributed by atoms with E-state index in [0.717, 1.165) is 58.1 Å². The SMILES string of the molecule is Brc1csc2c(N3CCNCC3)nc(-c3ccncc3)nc12. The van der Waals surface area contributed by atoms with Crippen molar-refractivity contribution in [3.05, 3.63) is 34.4 Å². The van der Waals surface area contributed by atoms with Crippen LogP contribution in [0, 0.1) is 0 Å². The summed E-state index contributed by atoms with van der Waals surface area (Å²) in [6.45, 7) is 3.92. The molecular weight excluding hydrogens is 362 g/mol. The smallest absolute Gasteiger partial charge is 0.162 e. The van der Waals surface area contributed by atoms with Crippen molar-refractivity contribution >= 4 is 43.3 Å². The van der Waals surface area contributed by atoms with Gasteiger partial charge in [0.1, 0.15) is 5.52 Å². The quantitative estimate of drug-likeness (QED) is 0.746. The molecule has 1 aliphatic heterocycles. The lowest BCUT2D eigenvalue weighted by Gasteiger charge is -2.28. The first-order valence-electron chi connectivity index (χ1n) is 7.14. The van der Waals surface area contributed by atoms with Gasteiger partial charge in [-0.25, -0.2) is 9.97 Å². The highest BCUT2D eigenvalue weighted by Gasteiger charge is 2.19. The minimum Gasteiger partial charge on any atom is -0.353 e. The lowest BCUT2D eigenvalue weighted by atomic mass is 10.2. The molecule has 3 aromatic rings. The normalized spacial score (nSPS) is 15.4. The highest BCUT2D eigenvalue weighted by molar-refractivity contribution is 9.10. The maximum Gasteiger partial charge on any atom is 0.162 e. The Morgan fingerprint density at radius 1 is 1.14 bits per heavy atom. The fourth-order valence-electron chi connectivity index (χ4n) is 2.60. The van der Waals surface area contributed by atoms with Gasteiger partial charge in [0, 0.05) is 49.5 Å². The first-order valence-corrected chi connectivity index (χ1v) is 8.81. The van der Waals surface area contributed by atoms with E-state index >= 15 is 0 Å². The Bertz CT molecular complexity index is 798. The van der Waals surface area contributed by atoms with Gasteiger partial charge in [0.25, 0.3) is 0 Å². The Morgan fingerprint density at radius 2 is 1.91 bits per heavy atom. The lowest BCUT2D eigenvalue weighted by Crippen LogP contribution is -2.44. The molecule has 112 valence electrons. The maximum atomic E-state index is 4.86.